The molecule has 17 rings (SSSR count). The molecule has 0 aliphatic heterocycles. The Balaban J connectivity index is 0.786. The van der Waals surface area contributed by atoms with Crippen LogP contribution in [0, 0.1) is 0 Å². The van der Waals surface area contributed by atoms with E-state index in [1.807, 2.05) is 0 Å². The molecule has 14 aromatic carbocycles. The lowest BCUT2D eigenvalue weighted by atomic mass is 9.67. The van der Waals surface area contributed by atoms with Crippen molar-refractivity contribution in [2.75, 3.05) is 9.80 Å². The van der Waals surface area contributed by atoms with Gasteiger partial charge in [-0.1, -0.05) is 285 Å². The number of hydrogen-bond donors (Lipinski definition) is 0. The van der Waals surface area contributed by atoms with E-state index in [0.29, 0.717) is 0 Å². The molecule has 0 atom stereocenters. The lowest BCUT2D eigenvalue weighted by molar-refractivity contribution is 0.768. The van der Waals surface area contributed by atoms with Crippen LogP contribution in [0.5, 0.6) is 0 Å². The van der Waals surface area contributed by atoms with E-state index in [2.05, 4.69) is 374 Å². The molecule has 2 nitrogen and oxygen atoms in total. The van der Waals surface area contributed by atoms with Gasteiger partial charge in [0, 0.05) is 34.1 Å². The Kier molecular flexibility index (Phi) is 12.7. The molecule has 3 aliphatic carbocycles. The van der Waals surface area contributed by atoms with Gasteiger partial charge in [-0.2, -0.15) is 0 Å². The molecule has 0 saturated heterocycles. The molecule has 0 N–H and O–H groups in total. The van der Waals surface area contributed by atoms with E-state index in [0.717, 1.165) is 45.3 Å². The van der Waals surface area contributed by atoms with Gasteiger partial charge in [0.1, 0.15) is 0 Å². The van der Waals surface area contributed by atoms with Crippen molar-refractivity contribution in [3.05, 3.63) is 407 Å². The van der Waals surface area contributed by atoms with E-state index in [1.54, 1.807) is 0 Å². The molecule has 0 saturated carbocycles. The topological polar surface area (TPSA) is 6.48 Å². The van der Waals surface area contributed by atoms with Crippen LogP contribution < -0.4 is 9.80 Å². The molecular formula is C88H60N2. The number of rotatable bonds is 12. The third-order valence-corrected chi connectivity index (χ3v) is 19.1. The lowest BCUT2D eigenvalue weighted by Crippen LogP contribution is -2.29. The number of fused-ring (bicyclic) bond motifs is 13. The Hall–Kier alpha value is -11.6. The summed E-state index contributed by atoms with van der Waals surface area (Å²) in [5.74, 6) is 0. The van der Waals surface area contributed by atoms with Crippen molar-refractivity contribution in [3.8, 4) is 55.6 Å². The minimum Gasteiger partial charge on any atom is -0.310 e. The van der Waals surface area contributed by atoms with E-state index in [4.69, 9.17) is 0 Å². The maximum Gasteiger partial charge on any atom is 0.0726 e. The smallest absolute Gasteiger partial charge is 0.0726 e. The van der Waals surface area contributed by atoms with E-state index >= 15 is 0 Å². The fourth-order valence-electron chi connectivity index (χ4n) is 15.3. The van der Waals surface area contributed by atoms with Crippen molar-refractivity contribution in [2.45, 2.75) is 10.8 Å². The van der Waals surface area contributed by atoms with Crippen molar-refractivity contribution >= 4 is 46.3 Å². The summed E-state index contributed by atoms with van der Waals surface area (Å²) in [6.45, 7) is 0. The van der Waals surface area contributed by atoms with Crippen molar-refractivity contribution in [1.82, 2.24) is 0 Å². The molecule has 2 heteroatoms. The van der Waals surface area contributed by atoms with Gasteiger partial charge in [0.15, 0.2) is 0 Å². The molecule has 0 bridgehead atoms. The number of anilines is 6. The van der Waals surface area contributed by atoms with Gasteiger partial charge in [0.05, 0.1) is 10.8 Å². The molecule has 0 amide bonds. The second-order valence-corrected chi connectivity index (χ2v) is 23.9. The van der Waals surface area contributed by atoms with E-state index < -0.39 is 10.8 Å². The Bertz CT molecular complexity index is 4960. The number of para-hydroxylation sites is 2. The summed E-state index contributed by atoms with van der Waals surface area (Å²) < 4.78 is 0. The van der Waals surface area contributed by atoms with Crippen molar-refractivity contribution < 1.29 is 0 Å². The average Bonchev–Trinajstić information content (AvgIpc) is 1.52. The molecule has 1 spiro atoms. The summed E-state index contributed by atoms with van der Waals surface area (Å²) in [5, 5.41) is 0. The fraction of sp³-hybridized carbons (Fsp3) is 0.0227. The first kappa shape index (κ1) is 52.7. The van der Waals surface area contributed by atoms with Gasteiger partial charge >= 0.3 is 0 Å². The molecule has 90 heavy (non-hydrogen) atoms. The van der Waals surface area contributed by atoms with E-state index in [1.165, 1.54) is 100 Å². The largest absolute Gasteiger partial charge is 0.310 e. The molecule has 422 valence electrons. The van der Waals surface area contributed by atoms with E-state index in [-0.39, 0.29) is 0 Å². The first-order valence-corrected chi connectivity index (χ1v) is 31.2. The number of nitrogens with zero attached hydrogens (tertiary/aromatic N) is 2. The van der Waals surface area contributed by atoms with Crippen LogP contribution in [-0.4, -0.2) is 0 Å². The fourth-order valence-corrected chi connectivity index (χ4v) is 15.3. The van der Waals surface area contributed by atoms with Gasteiger partial charge in [0.25, 0.3) is 0 Å². The minimum atomic E-state index is -0.637. The van der Waals surface area contributed by atoms with Crippen molar-refractivity contribution in [1.29, 1.82) is 0 Å². The summed E-state index contributed by atoms with van der Waals surface area (Å²) >= 11 is 0. The summed E-state index contributed by atoms with van der Waals surface area (Å²) in [6, 6.07) is 130. The second-order valence-electron chi connectivity index (χ2n) is 23.9. The van der Waals surface area contributed by atoms with Crippen LogP contribution in [-0.2, 0) is 10.8 Å². The van der Waals surface area contributed by atoms with Crippen LogP contribution in [0.4, 0.5) is 34.1 Å². The molecule has 0 unspecified atom stereocenters. The van der Waals surface area contributed by atoms with Gasteiger partial charge in [-0.15, -0.1) is 0 Å². The zero-order chi connectivity index (χ0) is 59.6. The van der Waals surface area contributed by atoms with Crippen LogP contribution in [0.3, 0.4) is 0 Å². The second kappa shape index (κ2) is 21.7. The predicted molar refractivity (Wildman–Crippen MR) is 376 cm³/mol. The highest BCUT2D eigenvalue weighted by Crippen LogP contribution is 2.64. The lowest BCUT2D eigenvalue weighted by Gasteiger charge is -2.35. The zero-order valence-corrected chi connectivity index (χ0v) is 49.5. The highest BCUT2D eigenvalue weighted by Gasteiger charge is 2.52. The molecule has 3 aliphatic rings. The van der Waals surface area contributed by atoms with Crippen LogP contribution in [0.1, 0.15) is 55.6 Å². The first-order chi connectivity index (χ1) is 44.6. The molecule has 0 aromatic heterocycles. The van der Waals surface area contributed by atoms with Crippen LogP contribution in [0.2, 0.25) is 0 Å². The average molecular weight is 1150 g/mol. The molecule has 14 aromatic rings. The summed E-state index contributed by atoms with van der Waals surface area (Å²) in [6.07, 6.45) is 4.65. The van der Waals surface area contributed by atoms with Gasteiger partial charge < -0.3 is 9.80 Å². The Labute approximate surface area is 526 Å². The number of benzene rings is 14. The normalized spacial score (nSPS) is 13.2. The highest BCUT2D eigenvalue weighted by atomic mass is 15.1. The van der Waals surface area contributed by atoms with E-state index in [9.17, 15) is 0 Å². The highest BCUT2D eigenvalue weighted by molar-refractivity contribution is 5.97. The number of hydrogen-bond acceptors (Lipinski definition) is 2. The molecule has 0 heterocycles. The van der Waals surface area contributed by atoms with Gasteiger partial charge in [-0.05, 0) is 190 Å². The Morgan fingerprint density at radius 2 is 0.511 bits per heavy atom. The standard InChI is InChI=1S/C88H60N2/c1-5-24-63(25-6-1)65-46-50-71(51-47-65)89(69-30-9-3-10-31-69)73-34-22-29-68(59-73)87(81-39-17-13-35-75(81)76-36-14-18-40-82(76)87)67-28-21-23-61(57-67)43-44-62-45-55-79-80-56-54-74(90(70-32-11-4-12-33-70)72-52-48-66(49-53-72)64-26-7-2-8-27-64)60-86(80)88(85(79)58-62)83-41-19-15-37-77(83)78-38-16-20-42-84(78)88/h1-60H/b44-43+. The molecule has 0 fully saturated rings. The molecular weight excluding hydrogens is 1080 g/mol. The third-order valence-electron chi connectivity index (χ3n) is 19.1. The SMILES string of the molecule is C(=C\c1ccc2c(c1)C1(c3ccccc3-c3ccccc31)c1cc(N(c3ccccc3)c3ccc(-c4ccccc4)cc3)ccc1-2)/c1cccc(C2(c3cccc(N(c4ccccc4)c4ccc(-c5ccccc5)cc4)c3)c3ccccc3-c3ccccc32)c1. The monoisotopic (exact) mass is 1140 g/mol. The van der Waals surface area contributed by atoms with Crippen LogP contribution >= 0.6 is 0 Å². The molecule has 0 radical (unpaired) electrons. The Morgan fingerprint density at radius 1 is 0.189 bits per heavy atom. The van der Waals surface area contributed by atoms with Gasteiger partial charge in [0.2, 0.25) is 0 Å². The van der Waals surface area contributed by atoms with Crippen molar-refractivity contribution in [3.63, 3.8) is 0 Å². The minimum absolute atomic E-state index is 0.566. The van der Waals surface area contributed by atoms with Crippen molar-refractivity contribution in [2.24, 2.45) is 0 Å². The third kappa shape index (κ3) is 8.40. The summed E-state index contributed by atoms with van der Waals surface area (Å²) in [4.78, 5) is 4.81. The summed E-state index contributed by atoms with van der Waals surface area (Å²) in [7, 11) is 0. The van der Waals surface area contributed by atoms with Crippen LogP contribution in [0.25, 0.3) is 67.8 Å². The van der Waals surface area contributed by atoms with Gasteiger partial charge in [-0.25, -0.2) is 0 Å². The Morgan fingerprint density at radius 3 is 1.00 bits per heavy atom. The first-order valence-electron chi connectivity index (χ1n) is 31.2. The summed E-state index contributed by atoms with van der Waals surface area (Å²) in [5.41, 5.74) is 30.3. The van der Waals surface area contributed by atoms with Gasteiger partial charge in [-0.3, -0.25) is 0 Å². The maximum atomic E-state index is 2.49. The predicted octanol–water partition coefficient (Wildman–Crippen LogP) is 22.8. The van der Waals surface area contributed by atoms with Crippen LogP contribution in [0.15, 0.2) is 352 Å². The quantitative estimate of drug-likeness (QED) is 0.113. The maximum absolute atomic E-state index is 2.49. The zero-order valence-electron chi connectivity index (χ0n) is 49.5.